The minimum atomic E-state index is -0.619. The number of carbonyl (C=O) groups is 4. The van der Waals surface area contributed by atoms with E-state index in [2.05, 4.69) is 26.3 Å². The van der Waals surface area contributed by atoms with E-state index in [0.29, 0.717) is 19.4 Å². The topological polar surface area (TPSA) is 132 Å². The summed E-state index contributed by atoms with van der Waals surface area (Å²) in [6, 6.07) is -1.18. The minimum Gasteiger partial charge on any atom is -0.356 e. The second-order valence-corrected chi connectivity index (χ2v) is 6.47. The van der Waals surface area contributed by atoms with Gasteiger partial charge in [0, 0.05) is 25.6 Å². The van der Waals surface area contributed by atoms with E-state index in [1.165, 1.54) is 6.92 Å². The quantitative estimate of drug-likeness (QED) is 0.292. The summed E-state index contributed by atoms with van der Waals surface area (Å²) in [7, 11) is 0. The molecule has 0 unspecified atom stereocenters. The zero-order chi connectivity index (χ0) is 19.1. The largest absolute Gasteiger partial charge is 0.356 e. The molecule has 0 aromatic carbocycles. The number of urea groups is 1. The molecule has 0 spiro atoms. The number of Topliss-reactive ketones (excluding diaryl/α,β-unsaturated/α-hetero) is 1. The summed E-state index contributed by atoms with van der Waals surface area (Å²) in [5.41, 5.74) is 0. The summed E-state index contributed by atoms with van der Waals surface area (Å²) in [5.74, 6) is -0.450. The maximum Gasteiger partial charge on any atom is 0.325 e. The molecule has 144 valence electrons. The van der Waals surface area contributed by atoms with Crippen molar-refractivity contribution in [1.82, 2.24) is 26.2 Å². The van der Waals surface area contributed by atoms with Crippen LogP contribution < -0.4 is 21.3 Å². The molecule has 1 saturated heterocycles. The van der Waals surface area contributed by atoms with E-state index in [4.69, 9.17) is 0 Å². The van der Waals surface area contributed by atoms with Gasteiger partial charge in [-0.05, 0) is 19.8 Å². The molecule has 4 N–H and O–H groups in total. The second kappa shape index (κ2) is 9.16. The van der Waals surface area contributed by atoms with Gasteiger partial charge in [-0.25, -0.2) is 4.79 Å². The van der Waals surface area contributed by atoms with Crippen LogP contribution in [-0.2, 0) is 14.4 Å². The molecule has 10 nitrogen and oxygen atoms in total. The van der Waals surface area contributed by atoms with Crippen LogP contribution in [0.1, 0.15) is 26.7 Å². The fourth-order valence-corrected chi connectivity index (χ4v) is 2.56. The Labute approximate surface area is 152 Å². The van der Waals surface area contributed by atoms with Crippen molar-refractivity contribution < 1.29 is 19.2 Å². The zero-order valence-corrected chi connectivity index (χ0v) is 15.1. The molecular weight excluding hydrogens is 340 g/mol. The van der Waals surface area contributed by atoms with Crippen molar-refractivity contribution in [2.75, 3.05) is 32.7 Å². The van der Waals surface area contributed by atoms with E-state index in [1.807, 2.05) is 0 Å². The lowest BCUT2D eigenvalue weighted by Crippen LogP contribution is -2.42. The number of nitrogens with one attached hydrogen (secondary N) is 4. The number of hydrogen-bond donors (Lipinski definition) is 4. The van der Waals surface area contributed by atoms with Crippen LogP contribution >= 0.6 is 0 Å². The van der Waals surface area contributed by atoms with E-state index in [9.17, 15) is 19.2 Å². The molecule has 2 aliphatic heterocycles. The van der Waals surface area contributed by atoms with Gasteiger partial charge in [-0.1, -0.05) is 6.92 Å². The molecule has 0 aliphatic carbocycles. The summed E-state index contributed by atoms with van der Waals surface area (Å²) in [6.45, 7) is 5.20. The predicted octanol–water partition coefficient (Wildman–Crippen LogP) is -1.42. The van der Waals surface area contributed by atoms with E-state index >= 15 is 0 Å². The Kier molecular flexibility index (Phi) is 6.93. The summed E-state index contributed by atoms with van der Waals surface area (Å²) in [5, 5.41) is 11.4. The number of amides is 4. The Hall–Kier alpha value is -2.65. The molecule has 2 heterocycles. The fraction of sp³-hybridized carbons (Fsp3) is 0.688. The molecule has 0 radical (unpaired) electrons. The molecule has 0 saturated carbocycles. The first-order valence-corrected chi connectivity index (χ1v) is 8.79. The molecule has 1 fully saturated rings. The Morgan fingerprint density at radius 2 is 2.15 bits per heavy atom. The van der Waals surface area contributed by atoms with Crippen LogP contribution in [0.4, 0.5) is 4.79 Å². The maximum absolute atomic E-state index is 12.3. The Morgan fingerprint density at radius 1 is 1.38 bits per heavy atom. The zero-order valence-electron chi connectivity index (χ0n) is 15.1. The van der Waals surface area contributed by atoms with Crippen molar-refractivity contribution in [1.29, 1.82) is 0 Å². The summed E-state index contributed by atoms with van der Waals surface area (Å²) in [4.78, 5) is 52.4. The van der Waals surface area contributed by atoms with Gasteiger partial charge in [0.05, 0.1) is 6.54 Å². The standard InChI is InChI=1S/C16H26N6O4/c1-10(11(2)23)8-20-13(24)9-22-14(25)12(21-16(22)26)4-3-5-17-15-18-6-7-19-15/h10,12H,3-9H2,1-2H3,(H,20,24)(H,21,26)(H2,17,18,19)/t10-,12-/m0/s1. The Morgan fingerprint density at radius 3 is 2.81 bits per heavy atom. The normalized spacial score (nSPS) is 20.3. The van der Waals surface area contributed by atoms with Gasteiger partial charge in [-0.2, -0.15) is 0 Å². The lowest BCUT2D eigenvalue weighted by molar-refractivity contribution is -0.132. The van der Waals surface area contributed by atoms with Gasteiger partial charge in [0.2, 0.25) is 5.91 Å². The molecule has 4 amide bonds. The number of nitrogens with zero attached hydrogens (tertiary/aromatic N) is 2. The molecule has 2 atom stereocenters. The third-order valence-corrected chi connectivity index (χ3v) is 4.34. The third-order valence-electron chi connectivity index (χ3n) is 4.34. The van der Waals surface area contributed by atoms with Gasteiger partial charge in [-0.15, -0.1) is 0 Å². The van der Waals surface area contributed by atoms with Crippen LogP contribution in [0.5, 0.6) is 0 Å². The fourth-order valence-electron chi connectivity index (χ4n) is 2.56. The number of aliphatic imine (C=N–C) groups is 1. The van der Waals surface area contributed by atoms with Crippen molar-refractivity contribution in [2.45, 2.75) is 32.7 Å². The summed E-state index contributed by atoms with van der Waals surface area (Å²) >= 11 is 0. The van der Waals surface area contributed by atoms with Crippen molar-refractivity contribution >= 4 is 29.6 Å². The third kappa shape index (κ3) is 5.43. The molecular formula is C16H26N6O4. The van der Waals surface area contributed by atoms with E-state index in [0.717, 1.165) is 23.9 Å². The van der Waals surface area contributed by atoms with Crippen molar-refractivity contribution in [2.24, 2.45) is 10.9 Å². The highest BCUT2D eigenvalue weighted by Crippen LogP contribution is 2.10. The van der Waals surface area contributed by atoms with Crippen LogP contribution in [0.25, 0.3) is 0 Å². The van der Waals surface area contributed by atoms with Crippen molar-refractivity contribution in [3.05, 3.63) is 0 Å². The molecule has 0 aromatic heterocycles. The van der Waals surface area contributed by atoms with Crippen LogP contribution in [0, 0.1) is 5.92 Å². The molecule has 0 aromatic rings. The van der Waals surface area contributed by atoms with Gasteiger partial charge < -0.3 is 21.3 Å². The highest BCUT2D eigenvalue weighted by atomic mass is 16.2. The molecule has 2 aliphatic rings. The predicted molar refractivity (Wildman–Crippen MR) is 94.4 cm³/mol. The Bertz CT molecular complexity index is 606. The average molecular weight is 366 g/mol. The molecule has 0 bridgehead atoms. The number of rotatable bonds is 9. The number of guanidine groups is 1. The van der Waals surface area contributed by atoms with Crippen molar-refractivity contribution in [3.8, 4) is 0 Å². The molecule has 2 rings (SSSR count). The summed E-state index contributed by atoms with van der Waals surface area (Å²) in [6.07, 6.45) is 1.15. The monoisotopic (exact) mass is 366 g/mol. The Balaban J connectivity index is 1.71. The van der Waals surface area contributed by atoms with Crippen LogP contribution in [0.15, 0.2) is 4.99 Å². The minimum absolute atomic E-state index is 0.0345. The van der Waals surface area contributed by atoms with Crippen LogP contribution in [0.3, 0.4) is 0 Å². The number of imide groups is 1. The number of hydrogen-bond acceptors (Lipinski definition) is 7. The highest BCUT2D eigenvalue weighted by molar-refractivity contribution is 6.06. The first kappa shape index (κ1) is 19.7. The lowest BCUT2D eigenvalue weighted by atomic mass is 10.1. The van der Waals surface area contributed by atoms with Crippen LogP contribution in [0.2, 0.25) is 0 Å². The maximum atomic E-state index is 12.3. The van der Waals surface area contributed by atoms with Gasteiger partial charge in [0.1, 0.15) is 18.4 Å². The highest BCUT2D eigenvalue weighted by Gasteiger charge is 2.38. The molecule has 10 heteroatoms. The van der Waals surface area contributed by atoms with Crippen molar-refractivity contribution in [3.63, 3.8) is 0 Å². The van der Waals surface area contributed by atoms with Gasteiger partial charge >= 0.3 is 6.03 Å². The smallest absolute Gasteiger partial charge is 0.325 e. The lowest BCUT2D eigenvalue weighted by Gasteiger charge is -2.14. The SMILES string of the molecule is CC(=O)[C@@H](C)CNC(=O)CN1C(=O)N[C@@H](CCCNC2=NCCN2)C1=O. The van der Waals surface area contributed by atoms with Gasteiger partial charge in [-0.3, -0.25) is 24.3 Å². The van der Waals surface area contributed by atoms with Gasteiger partial charge in [0.25, 0.3) is 5.91 Å². The first-order valence-electron chi connectivity index (χ1n) is 8.79. The van der Waals surface area contributed by atoms with E-state index in [-0.39, 0.29) is 24.8 Å². The average Bonchev–Trinajstić information content (AvgIpc) is 3.20. The second-order valence-electron chi connectivity index (χ2n) is 6.47. The number of ketones is 1. The van der Waals surface area contributed by atoms with E-state index < -0.39 is 23.9 Å². The number of carbonyl (C=O) groups excluding carboxylic acids is 4. The molecule has 26 heavy (non-hydrogen) atoms. The first-order chi connectivity index (χ1) is 12.4. The van der Waals surface area contributed by atoms with Gasteiger partial charge in [0.15, 0.2) is 5.96 Å². The van der Waals surface area contributed by atoms with Crippen LogP contribution in [-0.4, -0.2) is 73.3 Å². The summed E-state index contributed by atoms with van der Waals surface area (Å²) < 4.78 is 0. The van der Waals surface area contributed by atoms with E-state index in [1.54, 1.807) is 6.92 Å².